The van der Waals surface area contributed by atoms with Gasteiger partial charge in [-0.1, -0.05) is 86.0 Å². The maximum atomic E-state index is 5.67. The molecule has 0 fully saturated rings. The van der Waals surface area contributed by atoms with Crippen molar-refractivity contribution in [2.24, 2.45) is 0 Å². The normalized spacial score (nSPS) is 17.2. The van der Waals surface area contributed by atoms with Crippen LogP contribution in [0.2, 0.25) is 0 Å². The molecular formula is C17H20S9. The van der Waals surface area contributed by atoms with Crippen LogP contribution in [0.15, 0.2) is 19.3 Å². The van der Waals surface area contributed by atoms with Crippen LogP contribution in [0.1, 0.15) is 39.5 Å². The highest BCUT2D eigenvalue weighted by Gasteiger charge is 2.23. The zero-order chi connectivity index (χ0) is 18.4. The van der Waals surface area contributed by atoms with E-state index in [1.54, 1.807) is 34.9 Å². The Hall–Kier alpha value is 1.59. The SMILES string of the molecule is CCCCSC1=C(SCCCC)SC(=c2sc(=S)c(=C3SC=CS3)s2)S1. The summed E-state index contributed by atoms with van der Waals surface area (Å²) in [6.45, 7) is 4.54. The van der Waals surface area contributed by atoms with Gasteiger partial charge in [0.15, 0.2) is 0 Å². The third kappa shape index (κ3) is 6.05. The largest absolute Gasteiger partial charge is 0.119 e. The molecule has 0 spiro atoms. The third-order valence-electron chi connectivity index (χ3n) is 3.32. The van der Waals surface area contributed by atoms with Crippen molar-refractivity contribution in [2.75, 3.05) is 11.5 Å². The molecule has 0 saturated carbocycles. The molecule has 3 heterocycles. The zero-order valence-corrected chi connectivity index (χ0v) is 21.9. The molecule has 2 aliphatic heterocycles. The molecule has 142 valence electrons. The third-order valence-corrected chi connectivity index (χ3v) is 14.9. The lowest BCUT2D eigenvalue weighted by Crippen LogP contribution is -1.95. The van der Waals surface area contributed by atoms with Crippen molar-refractivity contribution in [3.63, 3.8) is 0 Å². The molecule has 0 unspecified atom stereocenters. The minimum Gasteiger partial charge on any atom is -0.119 e. The van der Waals surface area contributed by atoms with Gasteiger partial charge in [0, 0.05) is 0 Å². The van der Waals surface area contributed by atoms with Crippen molar-refractivity contribution in [1.82, 2.24) is 0 Å². The van der Waals surface area contributed by atoms with E-state index in [9.17, 15) is 0 Å². The first-order valence-corrected chi connectivity index (χ1v) is 15.9. The molecule has 1 aromatic rings. The maximum absolute atomic E-state index is 5.67. The lowest BCUT2D eigenvalue weighted by molar-refractivity contribution is 0.897. The molecule has 0 saturated heterocycles. The van der Waals surface area contributed by atoms with Crippen LogP contribution in [0.5, 0.6) is 0 Å². The van der Waals surface area contributed by atoms with E-state index in [0.29, 0.717) is 0 Å². The molecule has 0 amide bonds. The van der Waals surface area contributed by atoms with E-state index in [4.69, 9.17) is 12.2 Å². The number of hydrogen-bond donors (Lipinski definition) is 0. The summed E-state index contributed by atoms with van der Waals surface area (Å²) in [5, 5.41) is 4.30. The summed E-state index contributed by atoms with van der Waals surface area (Å²) in [5.41, 5.74) is 0. The molecular weight excluding hydrogens is 493 g/mol. The van der Waals surface area contributed by atoms with Gasteiger partial charge in [-0.2, -0.15) is 0 Å². The molecule has 0 aromatic carbocycles. The van der Waals surface area contributed by atoms with Gasteiger partial charge in [-0.15, -0.1) is 46.2 Å². The zero-order valence-electron chi connectivity index (χ0n) is 14.6. The topological polar surface area (TPSA) is 0 Å². The van der Waals surface area contributed by atoms with Crippen LogP contribution in [0, 0.1) is 3.82 Å². The Morgan fingerprint density at radius 3 is 1.96 bits per heavy atom. The minimum atomic E-state index is 1.05. The summed E-state index contributed by atoms with van der Waals surface area (Å²) in [4.78, 5) is 0. The van der Waals surface area contributed by atoms with Crippen molar-refractivity contribution in [3.05, 3.63) is 31.5 Å². The summed E-state index contributed by atoms with van der Waals surface area (Å²) in [7, 11) is 0. The predicted octanol–water partition coefficient (Wildman–Crippen LogP) is 8.29. The molecule has 3 rings (SSSR count). The van der Waals surface area contributed by atoms with Crippen molar-refractivity contribution in [2.45, 2.75) is 39.5 Å². The first-order chi connectivity index (χ1) is 12.7. The molecule has 0 atom stereocenters. The van der Waals surface area contributed by atoms with Crippen LogP contribution in [-0.4, -0.2) is 11.5 Å². The summed E-state index contributed by atoms with van der Waals surface area (Å²) in [6.07, 6.45) is 5.13. The highest BCUT2D eigenvalue weighted by atomic mass is 32.3. The number of hydrogen-bond acceptors (Lipinski definition) is 9. The molecule has 0 bridgehead atoms. The van der Waals surface area contributed by atoms with E-state index in [2.05, 4.69) is 24.7 Å². The Balaban J connectivity index is 1.84. The van der Waals surface area contributed by atoms with Gasteiger partial charge in [0.2, 0.25) is 0 Å². The van der Waals surface area contributed by atoms with Crippen LogP contribution in [0.25, 0.3) is 8.47 Å². The fourth-order valence-electron chi connectivity index (χ4n) is 1.96. The minimum absolute atomic E-state index is 1.05. The van der Waals surface area contributed by atoms with Gasteiger partial charge in [0.1, 0.15) is 7.67 Å². The van der Waals surface area contributed by atoms with Crippen LogP contribution < -0.4 is 8.38 Å². The van der Waals surface area contributed by atoms with Gasteiger partial charge < -0.3 is 0 Å². The second-order valence-corrected chi connectivity index (χ2v) is 15.5. The van der Waals surface area contributed by atoms with E-state index in [1.165, 1.54) is 62.5 Å². The van der Waals surface area contributed by atoms with Gasteiger partial charge >= 0.3 is 0 Å². The van der Waals surface area contributed by atoms with E-state index in [-0.39, 0.29) is 0 Å². The number of rotatable bonds is 8. The Bertz CT molecular complexity index is 822. The van der Waals surface area contributed by atoms with Gasteiger partial charge in [-0.05, 0) is 35.2 Å². The van der Waals surface area contributed by atoms with E-state index in [1.807, 2.05) is 58.4 Å². The fourth-order valence-corrected chi connectivity index (χ4v) is 13.7. The summed E-state index contributed by atoms with van der Waals surface area (Å²) >= 11 is 21.0. The smallest absolute Gasteiger partial charge is 0.110 e. The first-order valence-electron chi connectivity index (χ1n) is 8.45. The quantitative estimate of drug-likeness (QED) is 0.250. The average Bonchev–Trinajstić information content (AvgIpc) is 3.35. The molecule has 1 aromatic heterocycles. The predicted molar refractivity (Wildman–Crippen MR) is 140 cm³/mol. The lowest BCUT2D eigenvalue weighted by Gasteiger charge is -2.03. The summed E-state index contributed by atoms with van der Waals surface area (Å²) in [6, 6.07) is 0. The molecule has 9 heteroatoms. The second kappa shape index (κ2) is 11.7. The van der Waals surface area contributed by atoms with Crippen LogP contribution in [0.4, 0.5) is 0 Å². The van der Waals surface area contributed by atoms with Crippen molar-refractivity contribution in [3.8, 4) is 0 Å². The average molecular weight is 513 g/mol. The number of unbranched alkanes of at least 4 members (excludes halogenated alkanes) is 2. The van der Waals surface area contributed by atoms with E-state index < -0.39 is 0 Å². The van der Waals surface area contributed by atoms with Crippen LogP contribution >= 0.6 is 105 Å². The Kier molecular flexibility index (Phi) is 10.0. The van der Waals surface area contributed by atoms with Gasteiger partial charge in [0.25, 0.3) is 0 Å². The lowest BCUT2D eigenvalue weighted by atomic mass is 10.4. The molecule has 0 radical (unpaired) electrons. The van der Waals surface area contributed by atoms with Gasteiger partial charge in [-0.25, -0.2) is 0 Å². The Morgan fingerprint density at radius 2 is 1.42 bits per heavy atom. The highest BCUT2D eigenvalue weighted by Crippen LogP contribution is 2.58. The molecule has 0 aliphatic carbocycles. The standard InChI is InChI=1S/C17H20S9/c1-3-5-7-19-14-15(20-8-6-4-2)26-17(25-14)16-23-11(12(18)24-16)13-21-9-10-22-13/h9-10H,3-8H2,1-2H3. The number of thioether (sulfide) groups is 6. The molecule has 26 heavy (non-hydrogen) atoms. The summed E-state index contributed by atoms with van der Waals surface area (Å²) < 4.78 is 9.56. The van der Waals surface area contributed by atoms with Crippen molar-refractivity contribution >= 4 is 114 Å². The Morgan fingerprint density at radius 1 is 0.846 bits per heavy atom. The molecule has 0 nitrogen and oxygen atoms in total. The molecule has 2 aliphatic rings. The van der Waals surface area contributed by atoms with Gasteiger partial charge in [0.05, 0.1) is 21.5 Å². The second-order valence-electron chi connectivity index (χ2n) is 5.37. The van der Waals surface area contributed by atoms with Gasteiger partial charge in [-0.3, -0.25) is 0 Å². The highest BCUT2D eigenvalue weighted by molar-refractivity contribution is 8.45. The van der Waals surface area contributed by atoms with Crippen molar-refractivity contribution < 1.29 is 0 Å². The van der Waals surface area contributed by atoms with E-state index in [0.717, 1.165) is 3.82 Å². The monoisotopic (exact) mass is 512 g/mol. The van der Waals surface area contributed by atoms with Crippen molar-refractivity contribution in [1.29, 1.82) is 0 Å². The summed E-state index contributed by atoms with van der Waals surface area (Å²) in [5.74, 6) is 2.46. The maximum Gasteiger partial charge on any atom is 0.110 e. The van der Waals surface area contributed by atoms with Crippen LogP contribution in [-0.2, 0) is 0 Å². The fraction of sp³-hybridized carbons (Fsp3) is 0.471. The Labute approximate surface area is 194 Å². The van der Waals surface area contributed by atoms with E-state index >= 15 is 0 Å². The molecule has 0 N–H and O–H groups in total. The first kappa shape index (κ1) is 22.3. The van der Waals surface area contributed by atoms with Crippen LogP contribution in [0.3, 0.4) is 0 Å².